The number of anilines is 1. The highest BCUT2D eigenvalue weighted by Crippen LogP contribution is 2.37. The van der Waals surface area contributed by atoms with Crippen LogP contribution in [-0.2, 0) is 9.59 Å². The van der Waals surface area contributed by atoms with Crippen molar-refractivity contribution in [3.63, 3.8) is 0 Å². The third-order valence-corrected chi connectivity index (χ3v) is 6.06. The molecule has 31 heavy (non-hydrogen) atoms. The van der Waals surface area contributed by atoms with Gasteiger partial charge in [0.2, 0.25) is 5.91 Å². The molecule has 1 heterocycles. The Morgan fingerprint density at radius 1 is 1.29 bits per heavy atom. The number of amides is 3. The number of nitrogens with zero attached hydrogens (tertiary/aromatic N) is 1. The molecule has 3 amide bonds. The van der Waals surface area contributed by atoms with Crippen molar-refractivity contribution in [3.8, 4) is 11.5 Å². The van der Waals surface area contributed by atoms with Crippen molar-refractivity contribution >= 4 is 74.8 Å². The number of methoxy groups -OCH3 is 1. The molecule has 2 aromatic carbocycles. The monoisotopic (exact) mass is 572 g/mol. The molecule has 0 radical (unpaired) electrons. The van der Waals surface area contributed by atoms with Crippen molar-refractivity contribution in [2.24, 2.45) is 0 Å². The first-order valence-corrected chi connectivity index (χ1v) is 11.4. The molecule has 2 aromatic rings. The second-order valence-electron chi connectivity index (χ2n) is 6.29. The molecule has 0 unspecified atom stereocenters. The lowest BCUT2D eigenvalue weighted by atomic mass is 10.2. The zero-order valence-corrected chi connectivity index (χ0v) is 20.3. The highest BCUT2D eigenvalue weighted by atomic mass is 127. The van der Waals surface area contributed by atoms with Crippen molar-refractivity contribution in [1.29, 1.82) is 0 Å². The minimum absolute atomic E-state index is 0.226. The molecule has 0 spiro atoms. The van der Waals surface area contributed by atoms with E-state index in [-0.39, 0.29) is 4.91 Å². The summed E-state index contributed by atoms with van der Waals surface area (Å²) < 4.78 is 11.8. The number of ether oxygens (including phenoxy) is 2. The number of carbonyl (C=O) groups is 3. The summed E-state index contributed by atoms with van der Waals surface area (Å²) in [5.41, 5.74) is 1.17. The van der Waals surface area contributed by atoms with Crippen molar-refractivity contribution in [3.05, 3.63) is 55.5 Å². The predicted octanol–water partition coefficient (Wildman–Crippen LogP) is 5.03. The van der Waals surface area contributed by atoms with E-state index in [0.29, 0.717) is 34.4 Å². The minimum Gasteiger partial charge on any atom is -0.492 e. The molecule has 1 aliphatic heterocycles. The second kappa shape index (κ2) is 10.4. The molecule has 10 heteroatoms. The number of rotatable bonds is 7. The number of hydrogen-bond donors (Lipinski definition) is 1. The summed E-state index contributed by atoms with van der Waals surface area (Å²) >= 11 is 8.80. The van der Waals surface area contributed by atoms with Crippen molar-refractivity contribution < 1.29 is 23.9 Å². The van der Waals surface area contributed by atoms with Crippen LogP contribution in [0.3, 0.4) is 0 Å². The SMILES string of the molecule is CCOc1cc(/C=C2/SC(=O)N(CC(=O)Nc3cccc(Cl)c3)C2=O)cc(I)c1OC. The third kappa shape index (κ3) is 5.72. The van der Waals surface area contributed by atoms with Crippen LogP contribution >= 0.6 is 46.0 Å². The maximum Gasteiger partial charge on any atom is 0.294 e. The molecule has 3 rings (SSSR count). The van der Waals surface area contributed by atoms with E-state index in [2.05, 4.69) is 27.9 Å². The highest BCUT2D eigenvalue weighted by molar-refractivity contribution is 14.1. The van der Waals surface area contributed by atoms with Crippen LogP contribution in [0.15, 0.2) is 41.3 Å². The van der Waals surface area contributed by atoms with E-state index in [0.717, 1.165) is 20.2 Å². The first kappa shape index (κ1) is 23.4. The molecule has 1 aliphatic rings. The van der Waals surface area contributed by atoms with Crippen LogP contribution in [0.2, 0.25) is 5.02 Å². The predicted molar refractivity (Wildman–Crippen MR) is 130 cm³/mol. The van der Waals surface area contributed by atoms with Gasteiger partial charge in [-0.2, -0.15) is 0 Å². The topological polar surface area (TPSA) is 84.9 Å². The van der Waals surface area contributed by atoms with Gasteiger partial charge in [0.05, 0.1) is 22.2 Å². The summed E-state index contributed by atoms with van der Waals surface area (Å²) in [7, 11) is 1.56. The Hall–Kier alpha value is -2.24. The Bertz CT molecular complexity index is 1080. The summed E-state index contributed by atoms with van der Waals surface area (Å²) in [6.07, 6.45) is 1.60. The van der Waals surface area contributed by atoms with E-state index in [1.807, 2.05) is 13.0 Å². The van der Waals surface area contributed by atoms with Gasteiger partial charge < -0.3 is 14.8 Å². The molecular formula is C21H18ClIN2O5S. The Labute approximate surface area is 202 Å². The number of imide groups is 1. The minimum atomic E-state index is -0.528. The molecule has 0 atom stereocenters. The van der Waals surface area contributed by atoms with Gasteiger partial charge in [0.1, 0.15) is 6.54 Å². The van der Waals surface area contributed by atoms with E-state index < -0.39 is 23.6 Å². The van der Waals surface area contributed by atoms with Crippen LogP contribution < -0.4 is 14.8 Å². The van der Waals surface area contributed by atoms with Crippen LogP contribution in [-0.4, -0.2) is 42.2 Å². The molecule has 1 saturated heterocycles. The smallest absolute Gasteiger partial charge is 0.294 e. The first-order chi connectivity index (χ1) is 14.8. The van der Waals surface area contributed by atoms with E-state index in [1.165, 1.54) is 0 Å². The Kier molecular flexibility index (Phi) is 7.84. The lowest BCUT2D eigenvalue weighted by Crippen LogP contribution is -2.36. The summed E-state index contributed by atoms with van der Waals surface area (Å²) in [6, 6.07) is 10.2. The number of hydrogen-bond acceptors (Lipinski definition) is 6. The van der Waals surface area contributed by atoms with Gasteiger partial charge in [-0.15, -0.1) is 0 Å². The van der Waals surface area contributed by atoms with Gasteiger partial charge >= 0.3 is 0 Å². The molecule has 0 saturated carbocycles. The van der Waals surface area contributed by atoms with Gasteiger partial charge in [-0.05, 0) is 83.2 Å². The van der Waals surface area contributed by atoms with Crippen LogP contribution in [0.25, 0.3) is 6.08 Å². The van der Waals surface area contributed by atoms with Crippen molar-refractivity contribution in [2.75, 3.05) is 25.6 Å². The van der Waals surface area contributed by atoms with Gasteiger partial charge in [0.25, 0.3) is 11.1 Å². The fraction of sp³-hybridized carbons (Fsp3) is 0.190. The van der Waals surface area contributed by atoms with Crippen LogP contribution in [0.5, 0.6) is 11.5 Å². The number of halogens is 2. The van der Waals surface area contributed by atoms with Crippen LogP contribution in [0.1, 0.15) is 12.5 Å². The maximum absolute atomic E-state index is 12.7. The number of carbonyl (C=O) groups excluding carboxylic acids is 3. The Balaban J connectivity index is 1.76. The van der Waals surface area contributed by atoms with Crippen molar-refractivity contribution in [2.45, 2.75) is 6.92 Å². The van der Waals surface area contributed by atoms with Gasteiger partial charge in [0, 0.05) is 10.7 Å². The summed E-state index contributed by atoms with van der Waals surface area (Å²) in [5.74, 6) is 0.122. The zero-order valence-electron chi connectivity index (χ0n) is 16.6. The first-order valence-electron chi connectivity index (χ1n) is 9.13. The van der Waals surface area contributed by atoms with Gasteiger partial charge in [-0.3, -0.25) is 19.3 Å². The Morgan fingerprint density at radius 3 is 2.74 bits per heavy atom. The van der Waals surface area contributed by atoms with E-state index in [9.17, 15) is 14.4 Å². The lowest BCUT2D eigenvalue weighted by Gasteiger charge is -2.13. The van der Waals surface area contributed by atoms with Crippen LogP contribution in [0.4, 0.5) is 10.5 Å². The van der Waals surface area contributed by atoms with Crippen LogP contribution in [0, 0.1) is 3.57 Å². The maximum atomic E-state index is 12.7. The average molecular weight is 573 g/mol. The van der Waals surface area contributed by atoms with E-state index in [4.69, 9.17) is 21.1 Å². The molecule has 162 valence electrons. The summed E-state index contributed by atoms with van der Waals surface area (Å²) in [5, 5.41) is 2.58. The van der Waals surface area contributed by atoms with Gasteiger partial charge in [-0.1, -0.05) is 17.7 Å². The normalized spacial score (nSPS) is 14.8. The fourth-order valence-corrected chi connectivity index (χ4v) is 4.70. The summed E-state index contributed by atoms with van der Waals surface area (Å²) in [6.45, 7) is 1.92. The third-order valence-electron chi connectivity index (χ3n) is 4.12. The molecule has 1 N–H and O–H groups in total. The number of benzene rings is 2. The largest absolute Gasteiger partial charge is 0.492 e. The standard InChI is InChI=1S/C21H18ClIN2O5S/c1-3-30-16-8-12(7-15(23)19(16)29-2)9-17-20(27)25(21(28)31-17)11-18(26)24-14-6-4-5-13(22)10-14/h4-10H,3,11H2,1-2H3,(H,24,26)/b17-9+. The molecule has 7 nitrogen and oxygen atoms in total. The molecular weight excluding hydrogens is 555 g/mol. The summed E-state index contributed by atoms with van der Waals surface area (Å²) in [4.78, 5) is 38.5. The number of thioether (sulfide) groups is 1. The van der Waals surface area contributed by atoms with E-state index in [1.54, 1.807) is 43.5 Å². The fourth-order valence-electron chi connectivity index (χ4n) is 2.83. The second-order valence-corrected chi connectivity index (χ2v) is 8.89. The quantitative estimate of drug-likeness (QED) is 0.370. The van der Waals surface area contributed by atoms with Gasteiger partial charge in [0.15, 0.2) is 11.5 Å². The molecule has 0 aromatic heterocycles. The molecule has 1 fully saturated rings. The number of nitrogens with one attached hydrogen (secondary N) is 1. The zero-order chi connectivity index (χ0) is 22.5. The van der Waals surface area contributed by atoms with Crippen molar-refractivity contribution in [1.82, 2.24) is 4.90 Å². The molecule has 0 aliphatic carbocycles. The van der Waals surface area contributed by atoms with E-state index >= 15 is 0 Å². The molecule has 0 bridgehead atoms. The highest BCUT2D eigenvalue weighted by Gasteiger charge is 2.36. The van der Waals surface area contributed by atoms with Gasteiger partial charge in [-0.25, -0.2) is 0 Å². The Morgan fingerprint density at radius 2 is 2.06 bits per heavy atom. The average Bonchev–Trinajstić information content (AvgIpc) is 2.95. The lowest BCUT2D eigenvalue weighted by molar-refractivity contribution is -0.127.